The number of hydrogen-bond donors (Lipinski definition) is 2. The molecule has 0 aliphatic heterocycles. The van der Waals surface area contributed by atoms with Crippen LogP contribution >= 0.6 is 0 Å². The van der Waals surface area contributed by atoms with Gasteiger partial charge in [0.1, 0.15) is 5.65 Å². The van der Waals surface area contributed by atoms with Crippen molar-refractivity contribution >= 4 is 22.3 Å². The van der Waals surface area contributed by atoms with Gasteiger partial charge in [0.05, 0.1) is 5.69 Å². The predicted octanol–water partition coefficient (Wildman–Crippen LogP) is 3.39. The number of rotatable bonds is 5. The summed E-state index contributed by atoms with van der Waals surface area (Å²) in [5, 5.41) is 4.62. The molecule has 0 aliphatic carbocycles. The number of allylic oxidation sites excluding steroid dienone is 2. The summed E-state index contributed by atoms with van der Waals surface area (Å²) in [6.45, 7) is 8.98. The molecule has 4 heteroatoms. The lowest BCUT2D eigenvalue weighted by atomic mass is 10.0. The van der Waals surface area contributed by atoms with Crippen LogP contribution in [0.25, 0.3) is 16.6 Å². The van der Waals surface area contributed by atoms with E-state index < -0.39 is 0 Å². The summed E-state index contributed by atoms with van der Waals surface area (Å²) < 4.78 is 0. The standard InChI is InChI=1S/C16H22N4/c1-6-12(10-20(4)5)13-9-19-16-14(11(3)8-18-16)15(13)17-7-2/h6,8-10H,1,7H2,2-5H3,(H2,17,18,19)/b12-10+. The van der Waals surface area contributed by atoms with Crippen LogP contribution in [-0.4, -0.2) is 35.5 Å². The summed E-state index contributed by atoms with van der Waals surface area (Å²) in [7, 11) is 4.01. The lowest BCUT2D eigenvalue weighted by Gasteiger charge is -2.15. The predicted molar refractivity (Wildman–Crippen MR) is 86.9 cm³/mol. The van der Waals surface area contributed by atoms with Crippen molar-refractivity contribution in [2.45, 2.75) is 13.8 Å². The van der Waals surface area contributed by atoms with Gasteiger partial charge >= 0.3 is 0 Å². The molecule has 20 heavy (non-hydrogen) atoms. The van der Waals surface area contributed by atoms with Crippen molar-refractivity contribution in [2.75, 3.05) is 26.0 Å². The van der Waals surface area contributed by atoms with Gasteiger partial charge in [-0.25, -0.2) is 4.98 Å². The maximum absolute atomic E-state index is 4.52. The fourth-order valence-corrected chi connectivity index (χ4v) is 2.34. The molecule has 2 heterocycles. The number of aromatic amines is 1. The molecule has 0 saturated heterocycles. The van der Waals surface area contributed by atoms with Gasteiger partial charge in [0, 0.05) is 55.8 Å². The molecular formula is C16H22N4. The maximum Gasteiger partial charge on any atom is 0.139 e. The second-order valence-electron chi connectivity index (χ2n) is 5.02. The van der Waals surface area contributed by atoms with Crippen molar-refractivity contribution in [1.29, 1.82) is 0 Å². The zero-order valence-electron chi connectivity index (χ0n) is 12.6. The van der Waals surface area contributed by atoms with Crippen LogP contribution in [0.1, 0.15) is 18.1 Å². The normalized spacial score (nSPS) is 11.7. The maximum atomic E-state index is 4.52. The van der Waals surface area contributed by atoms with Crippen molar-refractivity contribution in [2.24, 2.45) is 0 Å². The first-order valence-corrected chi connectivity index (χ1v) is 6.80. The molecule has 0 bridgehead atoms. The highest BCUT2D eigenvalue weighted by molar-refractivity contribution is 5.99. The van der Waals surface area contributed by atoms with Gasteiger partial charge in [0.2, 0.25) is 0 Å². The van der Waals surface area contributed by atoms with Crippen LogP contribution in [0.4, 0.5) is 5.69 Å². The Bertz CT molecular complexity index is 650. The molecule has 2 aromatic rings. The average molecular weight is 270 g/mol. The lowest BCUT2D eigenvalue weighted by Crippen LogP contribution is -2.05. The first-order valence-electron chi connectivity index (χ1n) is 6.80. The lowest BCUT2D eigenvalue weighted by molar-refractivity contribution is 0.566. The number of fused-ring (bicyclic) bond motifs is 1. The fourth-order valence-electron chi connectivity index (χ4n) is 2.34. The quantitative estimate of drug-likeness (QED) is 0.818. The van der Waals surface area contributed by atoms with Crippen LogP contribution in [0.2, 0.25) is 0 Å². The molecule has 2 aromatic heterocycles. The fraction of sp³-hybridized carbons (Fsp3) is 0.312. The Kier molecular flexibility index (Phi) is 4.13. The summed E-state index contributed by atoms with van der Waals surface area (Å²) >= 11 is 0. The highest BCUT2D eigenvalue weighted by Crippen LogP contribution is 2.33. The molecule has 0 aromatic carbocycles. The summed E-state index contributed by atoms with van der Waals surface area (Å²) in [4.78, 5) is 9.74. The smallest absolute Gasteiger partial charge is 0.139 e. The molecule has 106 valence electrons. The van der Waals surface area contributed by atoms with Crippen LogP contribution < -0.4 is 5.32 Å². The van der Waals surface area contributed by atoms with Crippen molar-refractivity contribution in [1.82, 2.24) is 14.9 Å². The number of anilines is 1. The van der Waals surface area contributed by atoms with Crippen molar-refractivity contribution in [3.05, 3.63) is 42.4 Å². The van der Waals surface area contributed by atoms with E-state index >= 15 is 0 Å². The summed E-state index contributed by atoms with van der Waals surface area (Å²) in [6.07, 6.45) is 7.81. The third-order valence-electron chi connectivity index (χ3n) is 3.18. The Balaban J connectivity index is 2.71. The van der Waals surface area contributed by atoms with Gasteiger partial charge < -0.3 is 15.2 Å². The number of hydrogen-bond acceptors (Lipinski definition) is 3. The van der Waals surface area contributed by atoms with E-state index in [1.807, 2.05) is 37.5 Å². The molecule has 0 saturated carbocycles. The molecular weight excluding hydrogens is 248 g/mol. The van der Waals surface area contributed by atoms with E-state index in [0.717, 1.165) is 34.4 Å². The first kappa shape index (κ1) is 14.2. The molecule has 0 spiro atoms. The largest absolute Gasteiger partial charge is 0.384 e. The molecule has 0 fully saturated rings. The minimum Gasteiger partial charge on any atom is -0.384 e. The minimum atomic E-state index is 0.864. The molecule has 0 unspecified atom stereocenters. The van der Waals surface area contributed by atoms with E-state index in [2.05, 4.69) is 41.9 Å². The molecule has 4 nitrogen and oxygen atoms in total. The Morgan fingerprint density at radius 3 is 2.85 bits per heavy atom. The number of aromatic nitrogens is 2. The molecule has 0 aliphatic rings. The molecule has 2 N–H and O–H groups in total. The van der Waals surface area contributed by atoms with Crippen LogP contribution in [0.5, 0.6) is 0 Å². The Hall–Kier alpha value is -2.23. The second kappa shape index (κ2) is 5.82. The number of nitrogens with one attached hydrogen (secondary N) is 2. The van der Waals surface area contributed by atoms with E-state index in [0.29, 0.717) is 0 Å². The second-order valence-corrected chi connectivity index (χ2v) is 5.02. The molecule has 0 amide bonds. The van der Waals surface area contributed by atoms with E-state index in [9.17, 15) is 0 Å². The SMILES string of the molecule is C=C/C(=C\N(C)C)c1cnc2[nH]cc(C)c2c1NCC. The monoisotopic (exact) mass is 270 g/mol. The number of nitrogens with zero attached hydrogens (tertiary/aromatic N) is 2. The third kappa shape index (κ3) is 2.54. The number of aryl methyl sites for hydroxylation is 1. The Morgan fingerprint density at radius 1 is 1.50 bits per heavy atom. The summed E-state index contributed by atoms with van der Waals surface area (Å²) in [6, 6.07) is 0. The highest BCUT2D eigenvalue weighted by atomic mass is 15.0. The van der Waals surface area contributed by atoms with Crippen molar-refractivity contribution < 1.29 is 0 Å². The Labute approximate surface area is 120 Å². The van der Waals surface area contributed by atoms with Crippen LogP contribution in [0, 0.1) is 6.92 Å². The van der Waals surface area contributed by atoms with E-state index in [4.69, 9.17) is 0 Å². The number of pyridine rings is 1. The minimum absolute atomic E-state index is 0.864. The van der Waals surface area contributed by atoms with Crippen LogP contribution in [0.15, 0.2) is 31.2 Å². The number of H-pyrrole nitrogens is 1. The molecule has 0 radical (unpaired) electrons. The van der Waals surface area contributed by atoms with Crippen molar-refractivity contribution in [3.8, 4) is 0 Å². The highest BCUT2D eigenvalue weighted by Gasteiger charge is 2.13. The third-order valence-corrected chi connectivity index (χ3v) is 3.18. The van der Waals surface area contributed by atoms with Gasteiger partial charge in [-0.1, -0.05) is 12.7 Å². The van der Waals surface area contributed by atoms with Gasteiger partial charge in [-0.2, -0.15) is 0 Å². The van der Waals surface area contributed by atoms with Gasteiger partial charge in [0.25, 0.3) is 0 Å². The zero-order valence-corrected chi connectivity index (χ0v) is 12.6. The van der Waals surface area contributed by atoms with E-state index in [1.54, 1.807) is 0 Å². The summed E-state index contributed by atoms with van der Waals surface area (Å²) in [5.74, 6) is 0. The van der Waals surface area contributed by atoms with E-state index in [1.165, 1.54) is 5.56 Å². The summed E-state index contributed by atoms with van der Waals surface area (Å²) in [5.41, 5.74) is 5.35. The average Bonchev–Trinajstić information content (AvgIpc) is 2.79. The van der Waals surface area contributed by atoms with Gasteiger partial charge in [-0.15, -0.1) is 0 Å². The van der Waals surface area contributed by atoms with Crippen LogP contribution in [0.3, 0.4) is 0 Å². The zero-order chi connectivity index (χ0) is 14.7. The van der Waals surface area contributed by atoms with Gasteiger partial charge in [0.15, 0.2) is 0 Å². The topological polar surface area (TPSA) is 44.0 Å². The molecule has 2 rings (SSSR count). The van der Waals surface area contributed by atoms with Crippen molar-refractivity contribution in [3.63, 3.8) is 0 Å². The van der Waals surface area contributed by atoms with Gasteiger partial charge in [-0.3, -0.25) is 0 Å². The van der Waals surface area contributed by atoms with Gasteiger partial charge in [-0.05, 0) is 19.4 Å². The van der Waals surface area contributed by atoms with E-state index in [-0.39, 0.29) is 0 Å². The Morgan fingerprint density at radius 2 is 2.25 bits per heavy atom. The van der Waals surface area contributed by atoms with Crippen LogP contribution in [-0.2, 0) is 0 Å². The first-order chi connectivity index (χ1) is 9.58. The molecule has 0 atom stereocenters.